The van der Waals surface area contributed by atoms with Crippen LogP contribution in [0.25, 0.3) is 16.9 Å². The maximum absolute atomic E-state index is 8.80. The fourth-order valence-electron chi connectivity index (χ4n) is 2.10. The predicted molar refractivity (Wildman–Crippen MR) is 74.7 cm³/mol. The van der Waals surface area contributed by atoms with Crippen LogP contribution in [0, 0.1) is 11.3 Å². The van der Waals surface area contributed by atoms with Crippen molar-refractivity contribution in [2.45, 2.75) is 13.3 Å². The van der Waals surface area contributed by atoms with Crippen molar-refractivity contribution in [1.82, 2.24) is 9.38 Å². The molecule has 2 aromatic heterocycles. The van der Waals surface area contributed by atoms with Gasteiger partial charge in [0, 0.05) is 18.0 Å². The van der Waals surface area contributed by atoms with Gasteiger partial charge in [0.1, 0.15) is 5.65 Å². The first-order valence-corrected chi connectivity index (χ1v) is 6.28. The van der Waals surface area contributed by atoms with Gasteiger partial charge in [-0.15, -0.1) is 0 Å². The van der Waals surface area contributed by atoms with E-state index in [1.165, 1.54) is 5.56 Å². The molecule has 0 N–H and O–H groups in total. The van der Waals surface area contributed by atoms with Crippen molar-refractivity contribution < 1.29 is 0 Å². The molecule has 0 radical (unpaired) electrons. The number of imidazole rings is 1. The van der Waals surface area contributed by atoms with Crippen LogP contribution in [0.4, 0.5) is 0 Å². The van der Waals surface area contributed by atoms with Gasteiger partial charge in [0.2, 0.25) is 0 Å². The average Bonchev–Trinajstić information content (AvgIpc) is 2.90. The van der Waals surface area contributed by atoms with Crippen LogP contribution in [0.3, 0.4) is 0 Å². The van der Waals surface area contributed by atoms with E-state index in [0.29, 0.717) is 5.56 Å². The maximum Gasteiger partial charge on any atom is 0.137 e. The second kappa shape index (κ2) is 4.58. The average molecular weight is 247 g/mol. The molecule has 3 rings (SSSR count). The molecular formula is C16H13N3. The molecule has 3 nitrogen and oxygen atoms in total. The van der Waals surface area contributed by atoms with E-state index in [-0.39, 0.29) is 0 Å². The number of nitriles is 1. The highest BCUT2D eigenvalue weighted by molar-refractivity contribution is 5.63. The van der Waals surface area contributed by atoms with Crippen molar-refractivity contribution in [1.29, 1.82) is 5.26 Å². The van der Waals surface area contributed by atoms with E-state index in [1.54, 1.807) is 0 Å². The number of pyridine rings is 1. The van der Waals surface area contributed by atoms with Crippen LogP contribution < -0.4 is 0 Å². The summed E-state index contributed by atoms with van der Waals surface area (Å²) < 4.78 is 2.05. The van der Waals surface area contributed by atoms with Crippen molar-refractivity contribution in [3.8, 4) is 17.3 Å². The predicted octanol–water partition coefficient (Wildman–Crippen LogP) is 3.44. The lowest BCUT2D eigenvalue weighted by Crippen LogP contribution is -1.86. The lowest BCUT2D eigenvalue weighted by atomic mass is 10.1. The van der Waals surface area contributed by atoms with Crippen molar-refractivity contribution in [2.75, 3.05) is 0 Å². The molecule has 0 saturated heterocycles. The monoisotopic (exact) mass is 247 g/mol. The van der Waals surface area contributed by atoms with Gasteiger partial charge in [-0.05, 0) is 30.2 Å². The quantitative estimate of drug-likeness (QED) is 0.696. The molecule has 0 saturated carbocycles. The Bertz CT molecular complexity index is 761. The number of hydrogen-bond acceptors (Lipinski definition) is 2. The van der Waals surface area contributed by atoms with Gasteiger partial charge in [0.25, 0.3) is 0 Å². The second-order valence-electron chi connectivity index (χ2n) is 4.47. The summed E-state index contributed by atoms with van der Waals surface area (Å²) in [6, 6.07) is 13.8. The summed E-state index contributed by atoms with van der Waals surface area (Å²) >= 11 is 0. The molecule has 1 aromatic carbocycles. The SMILES string of the molecule is CCc1ccc2nc(-c3ccc(C#N)cc3)cn2c1. The van der Waals surface area contributed by atoms with E-state index in [4.69, 9.17) is 5.26 Å². The van der Waals surface area contributed by atoms with E-state index in [9.17, 15) is 0 Å². The van der Waals surface area contributed by atoms with Crippen LogP contribution in [0.5, 0.6) is 0 Å². The number of aryl methyl sites for hydroxylation is 1. The molecule has 0 aliphatic rings. The lowest BCUT2D eigenvalue weighted by molar-refractivity contribution is 1.07. The summed E-state index contributed by atoms with van der Waals surface area (Å²) in [5, 5.41) is 8.80. The third-order valence-electron chi connectivity index (χ3n) is 3.23. The first-order valence-electron chi connectivity index (χ1n) is 6.28. The third kappa shape index (κ3) is 2.09. The fraction of sp³-hybridized carbons (Fsp3) is 0.125. The normalized spacial score (nSPS) is 10.5. The minimum Gasteiger partial charge on any atom is -0.306 e. The second-order valence-corrected chi connectivity index (χ2v) is 4.47. The van der Waals surface area contributed by atoms with Gasteiger partial charge in [-0.2, -0.15) is 5.26 Å². The summed E-state index contributed by atoms with van der Waals surface area (Å²) in [7, 11) is 0. The summed E-state index contributed by atoms with van der Waals surface area (Å²) in [6.07, 6.45) is 5.14. The molecule has 92 valence electrons. The molecule has 0 unspecified atom stereocenters. The van der Waals surface area contributed by atoms with Gasteiger partial charge in [0.15, 0.2) is 0 Å². The Morgan fingerprint density at radius 2 is 1.89 bits per heavy atom. The first kappa shape index (κ1) is 11.5. The minimum atomic E-state index is 0.667. The smallest absolute Gasteiger partial charge is 0.137 e. The fourth-order valence-corrected chi connectivity index (χ4v) is 2.10. The molecule has 0 aliphatic heterocycles. The number of fused-ring (bicyclic) bond motifs is 1. The molecular weight excluding hydrogens is 234 g/mol. The van der Waals surface area contributed by atoms with Crippen molar-refractivity contribution in [3.63, 3.8) is 0 Å². The number of nitrogens with zero attached hydrogens (tertiary/aromatic N) is 3. The zero-order chi connectivity index (χ0) is 13.2. The molecule has 0 fully saturated rings. The standard InChI is InChI=1S/C16H13N3/c1-2-12-5-8-16-18-15(11-19(16)10-12)14-6-3-13(9-17)4-7-14/h3-8,10-11H,2H2,1H3. The molecule has 0 amide bonds. The zero-order valence-corrected chi connectivity index (χ0v) is 10.7. The summed E-state index contributed by atoms with van der Waals surface area (Å²) in [5.41, 5.74) is 4.85. The highest BCUT2D eigenvalue weighted by atomic mass is 15.0. The Hall–Kier alpha value is -2.60. The Kier molecular flexibility index (Phi) is 2.77. The van der Waals surface area contributed by atoms with E-state index in [0.717, 1.165) is 23.3 Å². The van der Waals surface area contributed by atoms with Crippen LogP contribution in [0.1, 0.15) is 18.1 Å². The molecule has 2 heterocycles. The Labute approximate surface area is 111 Å². The third-order valence-corrected chi connectivity index (χ3v) is 3.23. The van der Waals surface area contributed by atoms with Gasteiger partial charge in [-0.25, -0.2) is 4.98 Å². The van der Waals surface area contributed by atoms with Crippen molar-refractivity contribution in [2.24, 2.45) is 0 Å². The molecule has 0 bridgehead atoms. The number of rotatable bonds is 2. The highest BCUT2D eigenvalue weighted by Crippen LogP contribution is 2.20. The lowest BCUT2D eigenvalue weighted by Gasteiger charge is -1.96. The highest BCUT2D eigenvalue weighted by Gasteiger charge is 2.04. The van der Waals surface area contributed by atoms with Gasteiger partial charge in [-0.3, -0.25) is 0 Å². The van der Waals surface area contributed by atoms with Gasteiger partial charge >= 0.3 is 0 Å². The minimum absolute atomic E-state index is 0.667. The van der Waals surface area contributed by atoms with Crippen molar-refractivity contribution >= 4 is 5.65 Å². The van der Waals surface area contributed by atoms with E-state index < -0.39 is 0 Å². The molecule has 0 spiro atoms. The number of benzene rings is 1. The van der Waals surface area contributed by atoms with Crippen LogP contribution in [-0.4, -0.2) is 9.38 Å². The van der Waals surface area contributed by atoms with Crippen LogP contribution >= 0.6 is 0 Å². The van der Waals surface area contributed by atoms with Gasteiger partial charge < -0.3 is 4.40 Å². The zero-order valence-electron chi connectivity index (χ0n) is 10.7. The van der Waals surface area contributed by atoms with E-state index in [2.05, 4.69) is 30.2 Å². The van der Waals surface area contributed by atoms with Crippen LogP contribution in [-0.2, 0) is 6.42 Å². The summed E-state index contributed by atoms with van der Waals surface area (Å²) in [6.45, 7) is 2.14. The number of aromatic nitrogens is 2. The Balaban J connectivity index is 2.07. The Morgan fingerprint density at radius 1 is 1.11 bits per heavy atom. The maximum atomic E-state index is 8.80. The summed E-state index contributed by atoms with van der Waals surface area (Å²) in [4.78, 5) is 4.59. The van der Waals surface area contributed by atoms with E-state index >= 15 is 0 Å². The molecule has 3 heteroatoms. The van der Waals surface area contributed by atoms with Gasteiger partial charge in [0.05, 0.1) is 17.3 Å². The van der Waals surface area contributed by atoms with Crippen LogP contribution in [0.15, 0.2) is 48.8 Å². The van der Waals surface area contributed by atoms with Crippen LogP contribution in [0.2, 0.25) is 0 Å². The molecule has 0 aliphatic carbocycles. The molecule has 0 atom stereocenters. The Morgan fingerprint density at radius 3 is 2.58 bits per heavy atom. The van der Waals surface area contributed by atoms with Crippen molar-refractivity contribution in [3.05, 3.63) is 59.9 Å². The first-order chi connectivity index (χ1) is 9.30. The molecule has 19 heavy (non-hydrogen) atoms. The summed E-state index contributed by atoms with van der Waals surface area (Å²) in [5.74, 6) is 0. The largest absolute Gasteiger partial charge is 0.306 e. The topological polar surface area (TPSA) is 41.1 Å². The van der Waals surface area contributed by atoms with Gasteiger partial charge in [-0.1, -0.05) is 25.1 Å². The molecule has 3 aromatic rings. The van der Waals surface area contributed by atoms with E-state index in [1.807, 2.05) is 40.9 Å². The number of hydrogen-bond donors (Lipinski definition) is 0.